The van der Waals surface area contributed by atoms with Gasteiger partial charge in [-0.1, -0.05) is 24.3 Å². The van der Waals surface area contributed by atoms with Crippen LogP contribution in [0.3, 0.4) is 0 Å². The number of carbonyl (C=O) groups excluding carboxylic acids is 1. The maximum absolute atomic E-state index is 12.4. The monoisotopic (exact) mass is 282 g/mol. The van der Waals surface area contributed by atoms with Crippen LogP contribution in [-0.4, -0.2) is 17.1 Å². The molecule has 1 amide bonds. The topological polar surface area (TPSA) is 75.3 Å². The Hall–Kier alpha value is -2.33. The number of hydrogen-bond acceptors (Lipinski definition) is 3. The van der Waals surface area contributed by atoms with Gasteiger partial charge in [0.25, 0.3) is 5.91 Å². The van der Waals surface area contributed by atoms with E-state index in [1.54, 1.807) is 18.2 Å². The summed E-state index contributed by atoms with van der Waals surface area (Å²) < 4.78 is 0. The Morgan fingerprint density at radius 3 is 2.81 bits per heavy atom. The van der Waals surface area contributed by atoms with Crippen LogP contribution in [0.2, 0.25) is 0 Å². The van der Waals surface area contributed by atoms with Crippen molar-refractivity contribution in [2.75, 3.05) is 5.73 Å². The number of benzene rings is 2. The van der Waals surface area contributed by atoms with E-state index in [1.165, 1.54) is 0 Å². The van der Waals surface area contributed by atoms with Crippen LogP contribution < -0.4 is 11.1 Å². The quantitative estimate of drug-likeness (QED) is 0.737. The molecule has 2 aromatic carbocycles. The highest BCUT2D eigenvalue weighted by Crippen LogP contribution is 2.31. The summed E-state index contributed by atoms with van der Waals surface area (Å²) in [6.07, 6.45) is -0.0109. The Morgan fingerprint density at radius 1 is 1.29 bits per heavy atom. The van der Waals surface area contributed by atoms with Crippen LogP contribution in [0.25, 0.3) is 0 Å². The highest BCUT2D eigenvalue weighted by molar-refractivity contribution is 5.95. The molecule has 1 aliphatic carbocycles. The standard InChI is InChI=1S/C17H18N2O2/c1-10-8-12(6-7-14(10)18)17(21)19-16-13-5-3-2-4-11(13)9-15(16)20/h2-8,15-16,20H,9,18H2,1H3,(H,19,21)/t15-,16+/m1/s1. The summed E-state index contributed by atoms with van der Waals surface area (Å²) >= 11 is 0. The molecule has 0 unspecified atom stereocenters. The van der Waals surface area contributed by atoms with Crippen LogP contribution in [-0.2, 0) is 6.42 Å². The highest BCUT2D eigenvalue weighted by Gasteiger charge is 2.32. The van der Waals surface area contributed by atoms with Crippen molar-refractivity contribution in [1.82, 2.24) is 5.32 Å². The molecule has 0 aromatic heterocycles. The van der Waals surface area contributed by atoms with Crippen molar-refractivity contribution in [1.29, 1.82) is 0 Å². The van der Waals surface area contributed by atoms with Gasteiger partial charge in [-0.05, 0) is 41.8 Å². The number of nitrogen functional groups attached to an aromatic ring is 1. The fourth-order valence-electron chi connectivity index (χ4n) is 2.79. The van der Waals surface area contributed by atoms with Gasteiger partial charge in [0.15, 0.2) is 0 Å². The molecule has 1 aliphatic rings. The van der Waals surface area contributed by atoms with Crippen molar-refractivity contribution in [2.24, 2.45) is 0 Å². The molecular formula is C17H18N2O2. The molecule has 4 N–H and O–H groups in total. The smallest absolute Gasteiger partial charge is 0.251 e. The molecular weight excluding hydrogens is 264 g/mol. The van der Waals surface area contributed by atoms with Crippen molar-refractivity contribution in [3.63, 3.8) is 0 Å². The molecule has 4 heteroatoms. The van der Waals surface area contributed by atoms with Crippen LogP contribution in [0, 0.1) is 6.92 Å². The first-order valence-electron chi connectivity index (χ1n) is 6.99. The molecule has 2 aromatic rings. The molecule has 0 aliphatic heterocycles. The lowest BCUT2D eigenvalue weighted by atomic mass is 10.1. The normalized spacial score (nSPS) is 20.1. The summed E-state index contributed by atoms with van der Waals surface area (Å²) in [7, 11) is 0. The number of aliphatic hydroxyl groups is 1. The third-order valence-corrected chi connectivity index (χ3v) is 4.02. The third kappa shape index (κ3) is 2.50. The molecule has 0 saturated carbocycles. The minimum absolute atomic E-state index is 0.196. The Balaban J connectivity index is 1.83. The van der Waals surface area contributed by atoms with Gasteiger partial charge in [-0.2, -0.15) is 0 Å². The average Bonchev–Trinajstić information content (AvgIpc) is 2.78. The van der Waals surface area contributed by atoms with Gasteiger partial charge in [-0.3, -0.25) is 4.79 Å². The predicted molar refractivity (Wildman–Crippen MR) is 82.0 cm³/mol. The molecule has 0 fully saturated rings. The Morgan fingerprint density at radius 2 is 2.05 bits per heavy atom. The molecule has 0 spiro atoms. The molecule has 108 valence electrons. The first-order valence-corrected chi connectivity index (χ1v) is 6.99. The molecule has 0 radical (unpaired) electrons. The van der Waals surface area contributed by atoms with Crippen LogP contribution in [0.1, 0.15) is 33.1 Å². The fourth-order valence-corrected chi connectivity index (χ4v) is 2.79. The van der Waals surface area contributed by atoms with Crippen LogP contribution >= 0.6 is 0 Å². The number of nitrogens with two attached hydrogens (primary N) is 1. The zero-order valence-corrected chi connectivity index (χ0v) is 11.8. The lowest BCUT2D eigenvalue weighted by Crippen LogP contribution is -2.33. The molecule has 4 nitrogen and oxygen atoms in total. The van der Waals surface area contributed by atoms with Crippen molar-refractivity contribution in [3.05, 3.63) is 64.7 Å². The summed E-state index contributed by atoms with van der Waals surface area (Å²) in [6, 6.07) is 12.6. The molecule has 0 bridgehead atoms. The second-order valence-corrected chi connectivity index (χ2v) is 5.49. The zero-order valence-electron chi connectivity index (χ0n) is 11.8. The molecule has 21 heavy (non-hydrogen) atoms. The van der Waals surface area contributed by atoms with Crippen molar-refractivity contribution >= 4 is 11.6 Å². The maximum Gasteiger partial charge on any atom is 0.251 e. The lowest BCUT2D eigenvalue weighted by molar-refractivity contribution is 0.0858. The first kappa shape index (κ1) is 13.6. The fraction of sp³-hybridized carbons (Fsp3) is 0.235. The Kier molecular flexibility index (Phi) is 3.39. The van der Waals surface area contributed by atoms with Gasteiger partial charge >= 0.3 is 0 Å². The van der Waals surface area contributed by atoms with Crippen LogP contribution in [0.5, 0.6) is 0 Å². The molecule has 3 rings (SSSR count). The number of aliphatic hydroxyl groups excluding tert-OH is 1. The second-order valence-electron chi connectivity index (χ2n) is 5.49. The molecule has 0 heterocycles. The summed E-state index contributed by atoms with van der Waals surface area (Å²) in [5.74, 6) is -0.196. The van der Waals surface area contributed by atoms with Gasteiger partial charge in [0, 0.05) is 17.7 Å². The van der Waals surface area contributed by atoms with Crippen LogP contribution in [0.4, 0.5) is 5.69 Å². The van der Waals surface area contributed by atoms with Gasteiger partial charge in [-0.25, -0.2) is 0 Å². The van der Waals surface area contributed by atoms with E-state index in [0.717, 1.165) is 16.7 Å². The molecule has 0 saturated heterocycles. The van der Waals surface area contributed by atoms with Gasteiger partial charge < -0.3 is 16.2 Å². The van der Waals surface area contributed by atoms with E-state index in [-0.39, 0.29) is 11.9 Å². The zero-order chi connectivity index (χ0) is 15.0. The summed E-state index contributed by atoms with van der Waals surface area (Å²) in [5.41, 5.74) is 9.93. The summed E-state index contributed by atoms with van der Waals surface area (Å²) in [6.45, 7) is 1.87. The number of anilines is 1. The lowest BCUT2D eigenvalue weighted by Gasteiger charge is -2.18. The maximum atomic E-state index is 12.4. The molecule has 2 atom stereocenters. The van der Waals surface area contributed by atoms with E-state index in [0.29, 0.717) is 17.7 Å². The van der Waals surface area contributed by atoms with Gasteiger partial charge in [0.1, 0.15) is 0 Å². The van der Waals surface area contributed by atoms with Crippen molar-refractivity contribution < 1.29 is 9.90 Å². The van der Waals surface area contributed by atoms with E-state index in [1.807, 2.05) is 31.2 Å². The van der Waals surface area contributed by atoms with E-state index in [2.05, 4.69) is 5.32 Å². The number of aryl methyl sites for hydroxylation is 1. The van der Waals surface area contributed by atoms with E-state index in [9.17, 15) is 9.90 Å². The highest BCUT2D eigenvalue weighted by atomic mass is 16.3. The number of hydrogen-bond donors (Lipinski definition) is 3. The average molecular weight is 282 g/mol. The summed E-state index contributed by atoms with van der Waals surface area (Å²) in [4.78, 5) is 12.4. The van der Waals surface area contributed by atoms with Crippen molar-refractivity contribution in [2.45, 2.75) is 25.5 Å². The second kappa shape index (κ2) is 5.22. The number of carbonyl (C=O) groups is 1. The van der Waals surface area contributed by atoms with Gasteiger partial charge in [0.2, 0.25) is 0 Å². The number of amides is 1. The minimum atomic E-state index is -0.582. The SMILES string of the molecule is Cc1cc(C(=O)N[C@H]2c3ccccc3C[C@H]2O)ccc1N. The Labute approximate surface area is 123 Å². The van der Waals surface area contributed by atoms with Crippen molar-refractivity contribution in [3.8, 4) is 0 Å². The summed E-state index contributed by atoms with van der Waals surface area (Å²) in [5, 5.41) is 13.1. The van der Waals surface area contributed by atoms with Gasteiger partial charge in [-0.15, -0.1) is 0 Å². The van der Waals surface area contributed by atoms with E-state index in [4.69, 9.17) is 5.73 Å². The van der Waals surface area contributed by atoms with Gasteiger partial charge in [0.05, 0.1) is 12.1 Å². The number of fused-ring (bicyclic) bond motifs is 1. The largest absolute Gasteiger partial charge is 0.399 e. The van der Waals surface area contributed by atoms with E-state index < -0.39 is 6.10 Å². The number of rotatable bonds is 2. The predicted octanol–water partition coefficient (Wildman–Crippen LogP) is 1.97. The number of nitrogens with one attached hydrogen (secondary N) is 1. The van der Waals surface area contributed by atoms with Crippen LogP contribution in [0.15, 0.2) is 42.5 Å². The minimum Gasteiger partial charge on any atom is -0.399 e. The first-order chi connectivity index (χ1) is 10.1. The van der Waals surface area contributed by atoms with E-state index >= 15 is 0 Å². The third-order valence-electron chi connectivity index (χ3n) is 4.02. The Bertz CT molecular complexity index is 697.